The van der Waals surface area contributed by atoms with Gasteiger partial charge in [-0.05, 0) is 6.42 Å². The maximum Gasteiger partial charge on any atom is 0.459 e. The van der Waals surface area contributed by atoms with Gasteiger partial charge in [0, 0.05) is 0 Å². The molecule has 0 N–H and O–H groups in total. The second kappa shape index (κ2) is 7.23. The quantitative estimate of drug-likeness (QED) is 0.289. The third-order valence-corrected chi connectivity index (χ3v) is 2.42. The Morgan fingerprint density at radius 3 is 1.86 bits per heavy atom. The molecule has 0 heterocycles. The van der Waals surface area contributed by atoms with Gasteiger partial charge < -0.3 is 4.74 Å². The lowest BCUT2D eigenvalue weighted by Gasteiger charge is -2.28. The van der Waals surface area contributed by atoms with Crippen molar-refractivity contribution in [1.29, 1.82) is 0 Å². The fourth-order valence-corrected chi connectivity index (χ4v) is 1.15. The minimum absolute atomic E-state index is 0.169. The first-order valence-corrected chi connectivity index (χ1v) is 5.81. The minimum atomic E-state index is -6.67. The number of rotatable bonds is 7. The van der Waals surface area contributed by atoms with Crippen LogP contribution in [0.15, 0.2) is 11.7 Å². The molecular formula is C11H11F9O2. The van der Waals surface area contributed by atoms with Crippen LogP contribution in [0.1, 0.15) is 26.2 Å². The molecule has 0 fully saturated rings. The van der Waals surface area contributed by atoms with Crippen molar-refractivity contribution in [2.75, 3.05) is 6.61 Å². The van der Waals surface area contributed by atoms with Crippen LogP contribution in [0, 0.1) is 0 Å². The predicted octanol–water partition coefficient (Wildman–Crippen LogP) is 4.70. The van der Waals surface area contributed by atoms with Crippen molar-refractivity contribution >= 4 is 5.97 Å². The van der Waals surface area contributed by atoms with E-state index >= 15 is 0 Å². The summed E-state index contributed by atoms with van der Waals surface area (Å²) in [6, 6.07) is 0. The van der Waals surface area contributed by atoms with Gasteiger partial charge in [-0.1, -0.05) is 13.3 Å². The van der Waals surface area contributed by atoms with Crippen LogP contribution in [0.2, 0.25) is 0 Å². The zero-order valence-electron chi connectivity index (χ0n) is 11.0. The van der Waals surface area contributed by atoms with Crippen LogP contribution in [0.5, 0.6) is 0 Å². The van der Waals surface area contributed by atoms with E-state index in [1.807, 2.05) is 0 Å². The van der Waals surface area contributed by atoms with E-state index in [0.29, 0.717) is 6.42 Å². The van der Waals surface area contributed by atoms with Crippen LogP contribution in [-0.4, -0.2) is 30.6 Å². The number of alkyl halides is 7. The lowest BCUT2D eigenvalue weighted by molar-refractivity contribution is -0.354. The fraction of sp³-hybridized carbons (Fsp3) is 0.727. The van der Waals surface area contributed by atoms with Gasteiger partial charge in [-0.2, -0.15) is 39.5 Å². The highest BCUT2D eigenvalue weighted by Gasteiger charge is 2.73. The van der Waals surface area contributed by atoms with E-state index < -0.39 is 48.7 Å². The van der Waals surface area contributed by atoms with E-state index in [9.17, 15) is 44.3 Å². The number of esters is 1. The molecule has 0 aromatic carbocycles. The van der Waals surface area contributed by atoms with Crippen molar-refractivity contribution in [3.05, 3.63) is 11.7 Å². The Morgan fingerprint density at radius 2 is 1.50 bits per heavy atom. The molecule has 0 aliphatic heterocycles. The van der Waals surface area contributed by atoms with E-state index in [0.717, 1.165) is 0 Å². The Kier molecular flexibility index (Phi) is 6.76. The summed E-state index contributed by atoms with van der Waals surface area (Å²) in [5, 5.41) is 0. The first-order valence-electron chi connectivity index (χ1n) is 5.81. The molecule has 0 aromatic rings. The lowest BCUT2D eigenvalue weighted by Crippen LogP contribution is -2.52. The van der Waals surface area contributed by atoms with Crippen LogP contribution in [0.25, 0.3) is 0 Å². The second-order valence-corrected chi connectivity index (χ2v) is 4.18. The van der Waals surface area contributed by atoms with Crippen LogP contribution < -0.4 is 0 Å². The van der Waals surface area contributed by atoms with E-state index in [-0.39, 0.29) is 6.42 Å². The topological polar surface area (TPSA) is 26.3 Å². The lowest BCUT2D eigenvalue weighted by atomic mass is 10.0. The van der Waals surface area contributed by atoms with Gasteiger partial charge in [-0.25, -0.2) is 4.79 Å². The molecule has 0 unspecified atom stereocenters. The third kappa shape index (κ3) is 4.80. The number of carbonyl (C=O) groups excluding carboxylic acids is 1. The van der Waals surface area contributed by atoms with E-state index in [2.05, 4.69) is 4.74 Å². The van der Waals surface area contributed by atoms with Crippen molar-refractivity contribution in [1.82, 2.24) is 0 Å². The Hall–Kier alpha value is -1.42. The summed E-state index contributed by atoms with van der Waals surface area (Å²) in [7, 11) is 0. The number of hydrogen-bond donors (Lipinski definition) is 0. The summed E-state index contributed by atoms with van der Waals surface area (Å²) in [6.07, 6.45) is -12.0. The highest BCUT2D eigenvalue weighted by atomic mass is 19.4. The molecule has 2 nitrogen and oxygen atoms in total. The summed E-state index contributed by atoms with van der Waals surface area (Å²) < 4.78 is 116. The van der Waals surface area contributed by atoms with Crippen molar-refractivity contribution < 1.29 is 49.0 Å². The van der Waals surface area contributed by atoms with Crippen molar-refractivity contribution in [3.63, 3.8) is 0 Å². The van der Waals surface area contributed by atoms with Gasteiger partial charge in [0.1, 0.15) is 5.57 Å². The molecule has 0 bridgehead atoms. The number of halogens is 9. The van der Waals surface area contributed by atoms with Crippen LogP contribution in [0.4, 0.5) is 39.5 Å². The molecule has 0 aromatic heterocycles. The zero-order chi connectivity index (χ0) is 17.8. The van der Waals surface area contributed by atoms with Gasteiger partial charge in [0.2, 0.25) is 0 Å². The molecule has 0 saturated heterocycles. The van der Waals surface area contributed by atoms with Crippen LogP contribution >= 0.6 is 0 Å². The predicted molar refractivity (Wildman–Crippen MR) is 55.7 cm³/mol. The Morgan fingerprint density at radius 1 is 1.00 bits per heavy atom. The van der Waals surface area contributed by atoms with E-state index in [1.165, 1.54) is 0 Å². The van der Waals surface area contributed by atoms with Crippen molar-refractivity contribution in [2.24, 2.45) is 0 Å². The first kappa shape index (κ1) is 20.6. The average Bonchev–Trinajstić information content (AvgIpc) is 2.34. The number of carbonyl (C=O) groups is 1. The molecule has 0 rings (SSSR count). The van der Waals surface area contributed by atoms with Crippen LogP contribution in [0.3, 0.4) is 0 Å². The summed E-state index contributed by atoms with van der Waals surface area (Å²) in [6.45, 7) is 1.14. The maximum atomic E-state index is 13.0. The normalized spacial score (nSPS) is 13.0. The first-order chi connectivity index (χ1) is 9.78. The van der Waals surface area contributed by atoms with Gasteiger partial charge in [-0.15, -0.1) is 0 Å². The van der Waals surface area contributed by atoms with Crippen LogP contribution in [-0.2, 0) is 9.53 Å². The number of hydrogen-bond acceptors (Lipinski definition) is 2. The molecule has 0 radical (unpaired) electrons. The highest BCUT2D eigenvalue weighted by molar-refractivity contribution is 5.88. The highest BCUT2D eigenvalue weighted by Crippen LogP contribution is 2.49. The van der Waals surface area contributed by atoms with Crippen molar-refractivity contribution in [3.8, 4) is 0 Å². The summed E-state index contributed by atoms with van der Waals surface area (Å²) in [4.78, 5) is 11.1. The summed E-state index contributed by atoms with van der Waals surface area (Å²) in [5.41, 5.74) is -2.22. The smallest absolute Gasteiger partial charge is 0.459 e. The average molecular weight is 346 g/mol. The molecule has 0 saturated carbocycles. The monoisotopic (exact) mass is 346 g/mol. The molecule has 11 heteroatoms. The Balaban J connectivity index is 5.28. The van der Waals surface area contributed by atoms with Gasteiger partial charge in [0.15, 0.2) is 0 Å². The van der Waals surface area contributed by atoms with Crippen molar-refractivity contribution in [2.45, 2.75) is 44.2 Å². The molecule has 0 aliphatic carbocycles. The van der Waals surface area contributed by atoms with Gasteiger partial charge in [0.05, 0.1) is 13.0 Å². The van der Waals surface area contributed by atoms with E-state index in [4.69, 9.17) is 0 Å². The summed E-state index contributed by atoms with van der Waals surface area (Å²) in [5.74, 6) is -14.6. The molecule has 0 atom stereocenters. The van der Waals surface area contributed by atoms with Gasteiger partial charge >= 0.3 is 24.0 Å². The summed E-state index contributed by atoms with van der Waals surface area (Å²) >= 11 is 0. The molecule has 22 heavy (non-hydrogen) atoms. The largest absolute Gasteiger partial charge is 0.462 e. The molecule has 0 amide bonds. The van der Waals surface area contributed by atoms with E-state index in [1.54, 1.807) is 6.92 Å². The SMILES string of the molecule is CCCCOC(=O)C(CC(F)(F)C(F)(F)C(F)(F)F)=C(F)F. The third-order valence-electron chi connectivity index (χ3n) is 2.42. The maximum absolute atomic E-state index is 13.0. The standard InChI is InChI=1S/C11H11F9O2/c1-2-3-4-22-8(21)6(7(12)13)5-9(14,15)10(16,17)11(18,19)20/h2-5H2,1H3. The number of unbranched alkanes of at least 4 members (excludes halogenated alkanes) is 1. The second-order valence-electron chi connectivity index (χ2n) is 4.18. The van der Waals surface area contributed by atoms with Gasteiger partial charge in [0.25, 0.3) is 6.08 Å². The molecule has 0 aliphatic rings. The molecular weight excluding hydrogens is 335 g/mol. The number of ether oxygens (including phenoxy) is 1. The zero-order valence-corrected chi connectivity index (χ0v) is 11.0. The van der Waals surface area contributed by atoms with Gasteiger partial charge in [-0.3, -0.25) is 0 Å². The Labute approximate surface area is 118 Å². The Bertz CT molecular complexity index is 422. The molecule has 0 spiro atoms. The fourth-order valence-electron chi connectivity index (χ4n) is 1.15. The minimum Gasteiger partial charge on any atom is -0.462 e. The molecule has 130 valence electrons.